The number of oxime groups is 1. The van der Waals surface area contributed by atoms with Crippen LogP contribution in [-0.2, 0) is 11.9 Å². The van der Waals surface area contributed by atoms with Crippen molar-refractivity contribution in [2.45, 2.75) is 6.92 Å². The number of aromatic nitrogens is 2. The molecule has 0 radical (unpaired) electrons. The number of nitrogens with zero attached hydrogens (tertiary/aromatic N) is 5. The Kier molecular flexibility index (Phi) is 4.72. The summed E-state index contributed by atoms with van der Waals surface area (Å²) in [6.45, 7) is 1.43. The first-order valence-corrected chi connectivity index (χ1v) is 6.70. The van der Waals surface area contributed by atoms with E-state index in [9.17, 15) is 25.0 Å². The largest absolute Gasteiger partial charge is 0.393 e. The van der Waals surface area contributed by atoms with E-state index >= 15 is 0 Å². The van der Waals surface area contributed by atoms with E-state index in [-0.39, 0.29) is 22.8 Å². The van der Waals surface area contributed by atoms with E-state index in [0.29, 0.717) is 0 Å². The van der Waals surface area contributed by atoms with Gasteiger partial charge in [0.15, 0.2) is 5.84 Å². The standard InChI is InChI=1S/C13H12N6O6/c1-7-11(19(23)24)10(15-17(7)2)13(20)25-16-12(14)8-3-5-9(6-4-8)18(21)22/h3-6H,1-2H3,(H2,14,16). The molecule has 0 amide bonds. The number of non-ortho nitro benzene ring substituents is 1. The van der Waals surface area contributed by atoms with Gasteiger partial charge in [-0.15, -0.1) is 0 Å². The minimum Gasteiger partial charge on any atom is -0.380 e. The fraction of sp³-hybridized carbons (Fsp3) is 0.154. The van der Waals surface area contributed by atoms with Crippen LogP contribution < -0.4 is 5.73 Å². The lowest BCUT2D eigenvalue weighted by Crippen LogP contribution is -2.15. The summed E-state index contributed by atoms with van der Waals surface area (Å²) in [5.74, 6) is -1.39. The molecule has 25 heavy (non-hydrogen) atoms. The molecule has 1 aromatic heterocycles. The van der Waals surface area contributed by atoms with Crippen molar-refractivity contribution in [2.75, 3.05) is 0 Å². The van der Waals surface area contributed by atoms with E-state index in [1.54, 1.807) is 0 Å². The molecule has 0 bridgehead atoms. The van der Waals surface area contributed by atoms with E-state index in [4.69, 9.17) is 5.73 Å². The lowest BCUT2D eigenvalue weighted by molar-refractivity contribution is -0.385. The summed E-state index contributed by atoms with van der Waals surface area (Å²) in [4.78, 5) is 36.8. The van der Waals surface area contributed by atoms with Crippen molar-refractivity contribution in [1.82, 2.24) is 9.78 Å². The van der Waals surface area contributed by atoms with Crippen LogP contribution in [0.2, 0.25) is 0 Å². The Bertz CT molecular complexity index is 885. The number of hydrogen-bond donors (Lipinski definition) is 1. The minimum atomic E-state index is -1.15. The third-order valence-corrected chi connectivity index (χ3v) is 3.28. The molecule has 0 spiro atoms. The van der Waals surface area contributed by atoms with Crippen LogP contribution in [0.5, 0.6) is 0 Å². The number of nitro benzene ring substituents is 1. The molecular weight excluding hydrogens is 336 g/mol. The monoisotopic (exact) mass is 348 g/mol. The molecule has 130 valence electrons. The Labute approximate surface area is 139 Å². The number of benzene rings is 1. The number of nitro groups is 2. The maximum absolute atomic E-state index is 12.0. The highest BCUT2D eigenvalue weighted by Crippen LogP contribution is 2.22. The summed E-state index contributed by atoms with van der Waals surface area (Å²) in [5, 5.41) is 28.7. The number of carbonyl (C=O) groups is 1. The lowest BCUT2D eigenvalue weighted by Gasteiger charge is -2.00. The van der Waals surface area contributed by atoms with E-state index in [1.165, 1.54) is 38.2 Å². The molecule has 12 nitrogen and oxygen atoms in total. The lowest BCUT2D eigenvalue weighted by atomic mass is 10.2. The van der Waals surface area contributed by atoms with Gasteiger partial charge in [0, 0.05) is 24.7 Å². The third kappa shape index (κ3) is 3.57. The Morgan fingerprint density at radius 1 is 1.24 bits per heavy atom. The van der Waals surface area contributed by atoms with Crippen molar-refractivity contribution in [3.05, 3.63) is 61.4 Å². The molecule has 0 atom stereocenters. The van der Waals surface area contributed by atoms with Crippen LogP contribution in [0.4, 0.5) is 11.4 Å². The minimum absolute atomic E-state index is 0.145. The van der Waals surface area contributed by atoms with E-state index < -0.39 is 27.2 Å². The zero-order valence-corrected chi connectivity index (χ0v) is 13.1. The molecule has 0 unspecified atom stereocenters. The van der Waals surface area contributed by atoms with Crippen LogP contribution in [0, 0.1) is 27.2 Å². The molecular formula is C13H12N6O6. The molecule has 0 aliphatic carbocycles. The average Bonchev–Trinajstić information content (AvgIpc) is 2.87. The van der Waals surface area contributed by atoms with E-state index in [1.807, 2.05) is 0 Å². The van der Waals surface area contributed by atoms with Crippen molar-refractivity contribution < 1.29 is 19.5 Å². The first-order chi connectivity index (χ1) is 11.7. The van der Waals surface area contributed by atoms with E-state index in [0.717, 1.165) is 4.68 Å². The SMILES string of the molecule is Cc1c([N+](=O)[O-])c(C(=O)O/N=C(\N)c2ccc([N+](=O)[O-])cc2)nn1C. The van der Waals surface area contributed by atoms with Gasteiger partial charge in [-0.25, -0.2) is 4.79 Å². The van der Waals surface area contributed by atoms with Crippen molar-refractivity contribution in [1.29, 1.82) is 0 Å². The van der Waals surface area contributed by atoms with Crippen molar-refractivity contribution in [3.8, 4) is 0 Å². The van der Waals surface area contributed by atoms with Crippen LogP contribution >= 0.6 is 0 Å². The highest BCUT2D eigenvalue weighted by Gasteiger charge is 2.30. The molecule has 1 aromatic carbocycles. The Morgan fingerprint density at radius 3 is 2.36 bits per heavy atom. The van der Waals surface area contributed by atoms with Gasteiger partial charge in [-0.2, -0.15) is 5.10 Å². The van der Waals surface area contributed by atoms with Gasteiger partial charge in [-0.3, -0.25) is 24.9 Å². The van der Waals surface area contributed by atoms with Crippen LogP contribution in [-0.4, -0.2) is 31.4 Å². The number of nitrogens with two attached hydrogens (primary N) is 1. The van der Waals surface area contributed by atoms with Gasteiger partial charge in [0.05, 0.1) is 9.85 Å². The molecule has 0 fully saturated rings. The molecule has 0 saturated carbocycles. The molecule has 12 heteroatoms. The first-order valence-electron chi connectivity index (χ1n) is 6.70. The highest BCUT2D eigenvalue weighted by atomic mass is 16.7. The highest BCUT2D eigenvalue weighted by molar-refractivity contribution is 5.98. The number of rotatable bonds is 5. The third-order valence-electron chi connectivity index (χ3n) is 3.28. The summed E-state index contributed by atoms with van der Waals surface area (Å²) in [6.07, 6.45) is 0. The van der Waals surface area contributed by atoms with Gasteiger partial charge in [-0.05, 0) is 19.1 Å². The van der Waals surface area contributed by atoms with E-state index in [2.05, 4.69) is 15.1 Å². The van der Waals surface area contributed by atoms with Crippen LogP contribution in [0.25, 0.3) is 0 Å². The maximum Gasteiger partial charge on any atom is 0.393 e. The predicted octanol–water partition coefficient (Wildman–Crippen LogP) is 1.02. The van der Waals surface area contributed by atoms with Crippen molar-refractivity contribution >= 4 is 23.2 Å². The second-order valence-corrected chi connectivity index (χ2v) is 4.82. The zero-order chi connectivity index (χ0) is 18.7. The van der Waals surface area contributed by atoms with Gasteiger partial charge >= 0.3 is 11.7 Å². The zero-order valence-electron chi connectivity index (χ0n) is 13.1. The van der Waals surface area contributed by atoms with Crippen molar-refractivity contribution in [3.63, 3.8) is 0 Å². The Morgan fingerprint density at radius 2 is 1.84 bits per heavy atom. The first kappa shape index (κ1) is 17.5. The summed E-state index contributed by atoms with van der Waals surface area (Å²) in [5.41, 5.74) is 4.92. The van der Waals surface area contributed by atoms with Gasteiger partial charge < -0.3 is 10.6 Å². The summed E-state index contributed by atoms with van der Waals surface area (Å²) < 4.78 is 1.16. The average molecular weight is 348 g/mol. The number of hydrogen-bond acceptors (Lipinski definition) is 8. The van der Waals surface area contributed by atoms with Gasteiger partial charge in [0.25, 0.3) is 5.69 Å². The van der Waals surface area contributed by atoms with Crippen LogP contribution in [0.15, 0.2) is 29.4 Å². The second kappa shape index (κ2) is 6.74. The fourth-order valence-electron chi connectivity index (χ4n) is 1.89. The summed E-state index contributed by atoms with van der Waals surface area (Å²) >= 11 is 0. The van der Waals surface area contributed by atoms with Gasteiger partial charge in [0.1, 0.15) is 5.69 Å². The van der Waals surface area contributed by atoms with Crippen molar-refractivity contribution in [2.24, 2.45) is 17.9 Å². The molecule has 0 saturated heterocycles. The van der Waals surface area contributed by atoms with Gasteiger partial charge in [0.2, 0.25) is 5.69 Å². The molecule has 0 aliphatic heterocycles. The molecule has 2 aromatic rings. The van der Waals surface area contributed by atoms with Crippen LogP contribution in [0.1, 0.15) is 21.7 Å². The topological polar surface area (TPSA) is 169 Å². The number of amidine groups is 1. The maximum atomic E-state index is 12.0. The van der Waals surface area contributed by atoms with Gasteiger partial charge in [-0.1, -0.05) is 5.16 Å². The predicted molar refractivity (Wildman–Crippen MR) is 83.8 cm³/mol. The molecule has 0 aliphatic rings. The molecule has 2 rings (SSSR count). The number of carbonyl (C=O) groups excluding carboxylic acids is 1. The fourth-order valence-corrected chi connectivity index (χ4v) is 1.89. The number of aryl methyl sites for hydroxylation is 1. The Hall–Kier alpha value is -3.83. The molecule has 1 heterocycles. The normalized spacial score (nSPS) is 11.2. The summed E-state index contributed by atoms with van der Waals surface area (Å²) in [7, 11) is 1.44. The molecule has 2 N–H and O–H groups in total. The summed E-state index contributed by atoms with van der Waals surface area (Å²) in [6, 6.07) is 5.04. The smallest absolute Gasteiger partial charge is 0.380 e. The Balaban J connectivity index is 2.21. The quantitative estimate of drug-likeness (QED) is 0.274. The second-order valence-electron chi connectivity index (χ2n) is 4.82. The van der Waals surface area contributed by atoms with Crippen LogP contribution in [0.3, 0.4) is 0 Å².